The summed E-state index contributed by atoms with van der Waals surface area (Å²) in [4.78, 5) is 14.6. The number of nitrogens with zero attached hydrogens (tertiary/aromatic N) is 1. The van der Waals surface area contributed by atoms with Crippen molar-refractivity contribution in [3.05, 3.63) is 47.7 Å². The number of ether oxygens (including phenoxy) is 1. The van der Waals surface area contributed by atoms with Crippen molar-refractivity contribution >= 4 is 5.91 Å². The number of nitrogens with one attached hydrogen (secondary N) is 1. The minimum atomic E-state index is -5.00. The molecule has 4 nitrogen and oxygen atoms in total. The Hall–Kier alpha value is -2.52. The number of aromatic nitrogens is 1. The van der Waals surface area contributed by atoms with E-state index in [0.29, 0.717) is 24.9 Å². The molecular weight excluding hydrogens is 450 g/mol. The molecule has 10 heteroatoms. The molecule has 1 N–H and O–H groups in total. The second-order valence-corrected chi connectivity index (χ2v) is 7.91. The molecule has 1 amide bonds. The fraction of sp³-hybridized carbons (Fsp3) is 0.565. The third-order valence-corrected chi connectivity index (χ3v) is 4.36. The van der Waals surface area contributed by atoms with Crippen molar-refractivity contribution in [3.63, 3.8) is 0 Å². The van der Waals surface area contributed by atoms with Crippen LogP contribution < -0.4 is 10.1 Å². The third kappa shape index (κ3) is 12.9. The molecule has 0 aromatic carbocycles. The van der Waals surface area contributed by atoms with Crippen LogP contribution in [-0.2, 0) is 17.1 Å². The Kier molecular flexibility index (Phi) is 12.0. The molecule has 33 heavy (non-hydrogen) atoms. The van der Waals surface area contributed by atoms with Gasteiger partial charge >= 0.3 is 12.4 Å². The highest BCUT2D eigenvalue weighted by molar-refractivity contribution is 5.87. The summed E-state index contributed by atoms with van der Waals surface area (Å²) in [6, 6.07) is 0.447. The molecule has 186 valence electrons. The second-order valence-electron chi connectivity index (χ2n) is 7.91. The van der Waals surface area contributed by atoms with Crippen LogP contribution in [0.25, 0.3) is 0 Å². The zero-order valence-electron chi connectivity index (χ0n) is 18.7. The number of halogens is 6. The van der Waals surface area contributed by atoms with E-state index >= 15 is 0 Å². The monoisotopic (exact) mass is 480 g/mol. The quantitative estimate of drug-likeness (QED) is 0.148. The lowest BCUT2D eigenvalue weighted by Gasteiger charge is -2.13. The number of rotatable bonds is 13. The van der Waals surface area contributed by atoms with Crippen molar-refractivity contribution in [1.29, 1.82) is 0 Å². The molecule has 0 fully saturated rings. The van der Waals surface area contributed by atoms with Crippen LogP contribution in [0.3, 0.4) is 0 Å². The highest BCUT2D eigenvalue weighted by Crippen LogP contribution is 2.36. The smallest absolute Gasteiger partial charge is 0.433 e. The Balaban J connectivity index is 2.25. The van der Waals surface area contributed by atoms with Gasteiger partial charge in [-0.2, -0.15) is 26.3 Å². The van der Waals surface area contributed by atoms with Crippen LogP contribution in [0.15, 0.2) is 36.4 Å². The number of allylic oxidation sites excluding steroid dienone is 3. The van der Waals surface area contributed by atoms with Crippen molar-refractivity contribution in [3.8, 4) is 5.88 Å². The van der Waals surface area contributed by atoms with Gasteiger partial charge in [-0.3, -0.25) is 4.79 Å². The predicted molar refractivity (Wildman–Crippen MR) is 114 cm³/mol. The van der Waals surface area contributed by atoms with Crippen LogP contribution in [0.5, 0.6) is 5.88 Å². The maximum absolute atomic E-state index is 12.8. The van der Waals surface area contributed by atoms with Crippen LogP contribution in [-0.4, -0.2) is 24.0 Å². The maximum atomic E-state index is 12.8. The van der Waals surface area contributed by atoms with E-state index in [1.165, 1.54) is 6.08 Å². The Bertz CT molecular complexity index is 754. The lowest BCUT2D eigenvalue weighted by atomic mass is 10.1. The summed E-state index contributed by atoms with van der Waals surface area (Å²) < 4.78 is 81.8. The summed E-state index contributed by atoms with van der Waals surface area (Å²) in [6.45, 7) is 4.63. The standard InChI is InChI=1S/C23H30F6N2O2/c1-17(2)16-30-20(32)12-10-8-6-4-3-5-7-9-11-13-33-21-15-18(22(24,25)26)14-19(31-21)23(27,28)29/h6,8,10,12,14-15,17H,3-5,7,9,11,13,16H2,1-2H3,(H,30,32). The van der Waals surface area contributed by atoms with Crippen molar-refractivity contribution < 1.29 is 35.9 Å². The molecule has 0 aliphatic carbocycles. The van der Waals surface area contributed by atoms with Gasteiger partial charge in [-0.15, -0.1) is 0 Å². The minimum Gasteiger partial charge on any atom is -0.478 e. The van der Waals surface area contributed by atoms with Gasteiger partial charge in [-0.05, 0) is 31.2 Å². The van der Waals surface area contributed by atoms with Crippen molar-refractivity contribution in [2.45, 2.75) is 64.7 Å². The molecule has 1 rings (SSSR count). The second kappa shape index (κ2) is 13.9. The summed E-state index contributed by atoms with van der Waals surface area (Å²) in [5.41, 5.74) is -3.08. The first-order chi connectivity index (χ1) is 15.4. The molecule has 1 heterocycles. The number of hydrogen-bond acceptors (Lipinski definition) is 3. The Morgan fingerprint density at radius 1 is 1.00 bits per heavy atom. The van der Waals surface area contributed by atoms with Crippen molar-refractivity contribution in [2.75, 3.05) is 13.2 Å². The zero-order chi connectivity index (χ0) is 24.9. The van der Waals surface area contributed by atoms with Gasteiger partial charge in [-0.25, -0.2) is 4.98 Å². The van der Waals surface area contributed by atoms with E-state index in [4.69, 9.17) is 4.74 Å². The first-order valence-corrected chi connectivity index (χ1v) is 10.8. The van der Waals surface area contributed by atoms with Gasteiger partial charge in [0.05, 0.1) is 12.2 Å². The zero-order valence-corrected chi connectivity index (χ0v) is 18.7. The summed E-state index contributed by atoms with van der Waals surface area (Å²) in [5.74, 6) is -0.428. The minimum absolute atomic E-state index is 0.0187. The summed E-state index contributed by atoms with van der Waals surface area (Å²) >= 11 is 0. The number of carbonyl (C=O) groups excluding carboxylic acids is 1. The number of carbonyl (C=O) groups is 1. The van der Waals surface area contributed by atoms with E-state index < -0.39 is 29.5 Å². The van der Waals surface area contributed by atoms with Gasteiger partial charge in [0.15, 0.2) is 0 Å². The number of alkyl halides is 6. The van der Waals surface area contributed by atoms with Crippen LogP contribution in [0, 0.1) is 5.92 Å². The molecule has 0 unspecified atom stereocenters. The molecule has 1 aromatic heterocycles. The Morgan fingerprint density at radius 3 is 2.30 bits per heavy atom. The predicted octanol–water partition coefficient (Wildman–Crippen LogP) is 6.72. The normalized spacial score (nSPS) is 12.8. The fourth-order valence-electron chi connectivity index (χ4n) is 2.64. The van der Waals surface area contributed by atoms with E-state index in [2.05, 4.69) is 10.3 Å². The fourth-order valence-corrected chi connectivity index (χ4v) is 2.64. The summed E-state index contributed by atoms with van der Waals surface area (Å²) in [5, 5.41) is 2.77. The number of unbranched alkanes of at least 4 members (excludes halogenated alkanes) is 5. The average molecular weight is 480 g/mol. The summed E-state index contributed by atoms with van der Waals surface area (Å²) in [6.07, 6.45) is 1.74. The number of amides is 1. The molecule has 0 saturated carbocycles. The average Bonchev–Trinajstić information content (AvgIpc) is 2.71. The van der Waals surface area contributed by atoms with Gasteiger partial charge < -0.3 is 10.1 Å². The topological polar surface area (TPSA) is 51.2 Å². The number of hydrogen-bond donors (Lipinski definition) is 1. The van der Waals surface area contributed by atoms with Crippen molar-refractivity contribution in [2.24, 2.45) is 5.92 Å². The van der Waals surface area contributed by atoms with E-state index in [1.807, 2.05) is 19.9 Å². The number of pyridine rings is 1. The van der Waals surface area contributed by atoms with Crippen LogP contribution >= 0.6 is 0 Å². The van der Waals surface area contributed by atoms with Crippen molar-refractivity contribution in [1.82, 2.24) is 10.3 Å². The van der Waals surface area contributed by atoms with Gasteiger partial charge in [0, 0.05) is 18.7 Å². The SMILES string of the molecule is CC(C)CNC(=O)C=CC=CCCCCCCCOc1cc(C(F)(F)F)cc(C(F)(F)F)n1. The lowest BCUT2D eigenvalue weighted by Crippen LogP contribution is -2.25. The Morgan fingerprint density at radius 2 is 1.67 bits per heavy atom. The lowest BCUT2D eigenvalue weighted by molar-refractivity contribution is -0.146. The van der Waals surface area contributed by atoms with E-state index in [9.17, 15) is 31.1 Å². The third-order valence-electron chi connectivity index (χ3n) is 4.36. The summed E-state index contributed by atoms with van der Waals surface area (Å²) in [7, 11) is 0. The molecule has 1 aromatic rings. The maximum Gasteiger partial charge on any atom is 0.433 e. The molecule has 0 atom stereocenters. The highest BCUT2D eigenvalue weighted by atomic mass is 19.4. The van der Waals surface area contributed by atoms with Crippen LogP contribution in [0.2, 0.25) is 0 Å². The molecule has 0 bridgehead atoms. The van der Waals surface area contributed by atoms with Gasteiger partial charge in [-0.1, -0.05) is 51.3 Å². The van der Waals surface area contributed by atoms with Gasteiger partial charge in [0.25, 0.3) is 0 Å². The first-order valence-electron chi connectivity index (χ1n) is 10.8. The van der Waals surface area contributed by atoms with Gasteiger partial charge in [0.2, 0.25) is 11.8 Å². The largest absolute Gasteiger partial charge is 0.478 e. The molecule has 0 aliphatic heterocycles. The van der Waals surface area contributed by atoms with E-state index in [0.717, 1.165) is 32.1 Å². The van der Waals surface area contributed by atoms with Crippen LogP contribution in [0.1, 0.15) is 63.6 Å². The molecule has 0 saturated heterocycles. The van der Waals surface area contributed by atoms with Crippen LogP contribution in [0.4, 0.5) is 26.3 Å². The first kappa shape index (κ1) is 28.5. The highest BCUT2D eigenvalue weighted by Gasteiger charge is 2.38. The van der Waals surface area contributed by atoms with E-state index in [1.54, 1.807) is 12.2 Å². The van der Waals surface area contributed by atoms with E-state index in [-0.39, 0.29) is 18.6 Å². The molecular formula is C23H30F6N2O2. The molecule has 0 spiro atoms. The molecule has 0 aliphatic rings. The molecule has 0 radical (unpaired) electrons. The Labute approximate surface area is 190 Å². The van der Waals surface area contributed by atoms with Gasteiger partial charge in [0.1, 0.15) is 5.69 Å².